The summed E-state index contributed by atoms with van der Waals surface area (Å²) in [6, 6.07) is 8.61. The fourth-order valence-corrected chi connectivity index (χ4v) is 1.92. The van der Waals surface area contributed by atoms with Crippen LogP contribution in [0.5, 0.6) is 0 Å². The monoisotopic (exact) mass is 219 g/mol. The molecule has 1 heterocycles. The minimum absolute atomic E-state index is 0.224. The molecule has 88 valence electrons. The van der Waals surface area contributed by atoms with Crippen LogP contribution in [0, 0.1) is 6.92 Å². The number of hydroxylamine groups is 2. The van der Waals surface area contributed by atoms with Gasteiger partial charge in [0.2, 0.25) is 0 Å². The van der Waals surface area contributed by atoms with Crippen LogP contribution in [0.3, 0.4) is 0 Å². The second kappa shape index (κ2) is 5.46. The summed E-state index contributed by atoms with van der Waals surface area (Å²) in [4.78, 5) is 5.56. The van der Waals surface area contributed by atoms with E-state index < -0.39 is 0 Å². The van der Waals surface area contributed by atoms with Crippen molar-refractivity contribution in [2.75, 3.05) is 6.54 Å². The van der Waals surface area contributed by atoms with E-state index in [2.05, 4.69) is 43.2 Å². The van der Waals surface area contributed by atoms with Gasteiger partial charge < -0.3 is 0 Å². The van der Waals surface area contributed by atoms with Crippen LogP contribution in [0.15, 0.2) is 24.3 Å². The van der Waals surface area contributed by atoms with Crippen LogP contribution >= 0.6 is 0 Å². The second-order valence-electron chi connectivity index (χ2n) is 4.57. The lowest BCUT2D eigenvalue weighted by atomic mass is 10.1. The molecule has 2 nitrogen and oxygen atoms in total. The van der Waals surface area contributed by atoms with E-state index in [9.17, 15) is 0 Å². The molecule has 16 heavy (non-hydrogen) atoms. The quantitative estimate of drug-likeness (QED) is 0.534. The summed E-state index contributed by atoms with van der Waals surface area (Å²) >= 11 is 0. The van der Waals surface area contributed by atoms with Gasteiger partial charge in [0.15, 0.2) is 6.23 Å². The van der Waals surface area contributed by atoms with E-state index in [4.69, 9.17) is 4.84 Å². The molecule has 2 unspecified atom stereocenters. The van der Waals surface area contributed by atoms with Gasteiger partial charge in [-0.25, -0.2) is 0 Å². The number of unbranched alkanes of at least 4 members (excludes halogenated alkanes) is 3. The fraction of sp³-hybridized carbons (Fsp3) is 0.571. The Bertz CT molecular complexity index is 320. The van der Waals surface area contributed by atoms with Crippen molar-refractivity contribution in [2.45, 2.75) is 45.8 Å². The Hall–Kier alpha value is -0.860. The summed E-state index contributed by atoms with van der Waals surface area (Å²) in [5.74, 6) is 0. The Balaban J connectivity index is 1.72. The molecule has 0 saturated carbocycles. The molecule has 0 bridgehead atoms. The van der Waals surface area contributed by atoms with Crippen molar-refractivity contribution in [1.29, 1.82) is 0 Å². The highest BCUT2D eigenvalue weighted by Gasteiger charge is 2.36. The van der Waals surface area contributed by atoms with Crippen molar-refractivity contribution in [3.63, 3.8) is 0 Å². The molecular weight excluding hydrogens is 198 g/mol. The molecule has 1 aromatic rings. The third kappa shape index (κ3) is 3.06. The normalized spacial score (nSPS) is 23.4. The first-order chi connectivity index (χ1) is 7.81. The number of rotatable bonds is 6. The number of hydrogen-bond donors (Lipinski definition) is 0. The number of nitrogens with zero attached hydrogens (tertiary/aromatic N) is 1. The highest BCUT2D eigenvalue weighted by atomic mass is 16.8. The Kier molecular flexibility index (Phi) is 3.97. The first kappa shape index (κ1) is 11.6. The largest absolute Gasteiger partial charge is 0.270 e. The van der Waals surface area contributed by atoms with Gasteiger partial charge in [-0.2, -0.15) is 5.06 Å². The van der Waals surface area contributed by atoms with Crippen LogP contribution in [0.25, 0.3) is 0 Å². The maximum atomic E-state index is 5.56. The van der Waals surface area contributed by atoms with Gasteiger partial charge in [0.25, 0.3) is 0 Å². The van der Waals surface area contributed by atoms with E-state index in [0.717, 1.165) is 6.54 Å². The number of aryl methyl sites for hydroxylation is 1. The lowest BCUT2D eigenvalue weighted by Crippen LogP contribution is -2.00. The van der Waals surface area contributed by atoms with E-state index in [1.807, 2.05) is 0 Å². The Morgan fingerprint density at radius 3 is 2.56 bits per heavy atom. The zero-order valence-corrected chi connectivity index (χ0v) is 10.3. The summed E-state index contributed by atoms with van der Waals surface area (Å²) in [6.07, 6.45) is 5.42. The molecular formula is C14H21NO. The van der Waals surface area contributed by atoms with Crippen LogP contribution in [-0.4, -0.2) is 11.6 Å². The molecule has 2 heteroatoms. The minimum atomic E-state index is 0.224. The molecule has 2 rings (SSSR count). The Morgan fingerprint density at radius 1 is 1.12 bits per heavy atom. The SMILES string of the molecule is CCCCCCN1OC1c1ccc(C)cc1. The smallest absolute Gasteiger partial charge is 0.179 e. The van der Waals surface area contributed by atoms with Gasteiger partial charge in [-0.15, -0.1) is 0 Å². The molecule has 0 aliphatic carbocycles. The number of hydrogen-bond acceptors (Lipinski definition) is 2. The van der Waals surface area contributed by atoms with Crippen molar-refractivity contribution in [3.05, 3.63) is 35.4 Å². The van der Waals surface area contributed by atoms with Gasteiger partial charge in [0.05, 0.1) is 0 Å². The molecule has 1 fully saturated rings. The highest BCUT2D eigenvalue weighted by Crippen LogP contribution is 2.36. The van der Waals surface area contributed by atoms with Crippen LogP contribution < -0.4 is 0 Å². The predicted octanol–water partition coefficient (Wildman–Crippen LogP) is 3.82. The Labute approximate surface area is 98.2 Å². The molecule has 1 aromatic carbocycles. The van der Waals surface area contributed by atoms with Crippen molar-refractivity contribution >= 4 is 0 Å². The van der Waals surface area contributed by atoms with Crippen LogP contribution in [0.4, 0.5) is 0 Å². The molecule has 0 spiro atoms. The average Bonchev–Trinajstić information content (AvgIpc) is 3.05. The summed E-state index contributed by atoms with van der Waals surface area (Å²) in [5, 5.41) is 2.08. The van der Waals surface area contributed by atoms with Gasteiger partial charge in [-0.3, -0.25) is 4.84 Å². The topological polar surface area (TPSA) is 15.5 Å². The summed E-state index contributed by atoms with van der Waals surface area (Å²) in [5.41, 5.74) is 2.58. The van der Waals surface area contributed by atoms with E-state index in [1.54, 1.807) is 0 Å². The molecule has 2 atom stereocenters. The molecule has 0 radical (unpaired) electrons. The molecule has 1 aliphatic heterocycles. The maximum Gasteiger partial charge on any atom is 0.179 e. The fourth-order valence-electron chi connectivity index (χ4n) is 1.92. The molecule has 0 aromatic heterocycles. The standard InChI is InChI=1S/C14H21NO/c1-3-4-5-6-11-15-14(16-15)13-9-7-12(2)8-10-13/h7-10,14H,3-6,11H2,1-2H3. The van der Waals surface area contributed by atoms with Crippen molar-refractivity contribution in [1.82, 2.24) is 5.06 Å². The maximum absolute atomic E-state index is 5.56. The van der Waals surface area contributed by atoms with E-state index in [-0.39, 0.29) is 6.23 Å². The average molecular weight is 219 g/mol. The van der Waals surface area contributed by atoms with Crippen molar-refractivity contribution in [2.24, 2.45) is 0 Å². The molecule has 1 saturated heterocycles. The van der Waals surface area contributed by atoms with Crippen molar-refractivity contribution < 1.29 is 4.84 Å². The Morgan fingerprint density at radius 2 is 1.88 bits per heavy atom. The summed E-state index contributed by atoms with van der Waals surface area (Å²) in [7, 11) is 0. The molecule has 0 N–H and O–H groups in total. The summed E-state index contributed by atoms with van der Waals surface area (Å²) in [6.45, 7) is 5.42. The highest BCUT2D eigenvalue weighted by molar-refractivity contribution is 5.24. The van der Waals surface area contributed by atoms with Gasteiger partial charge in [0, 0.05) is 6.54 Å². The van der Waals surface area contributed by atoms with Crippen LogP contribution in [0.2, 0.25) is 0 Å². The molecule has 0 amide bonds. The molecule has 1 aliphatic rings. The lowest BCUT2D eigenvalue weighted by Gasteiger charge is -1.99. The zero-order valence-electron chi connectivity index (χ0n) is 10.3. The van der Waals surface area contributed by atoms with Crippen LogP contribution in [-0.2, 0) is 4.84 Å². The van der Waals surface area contributed by atoms with E-state index in [1.165, 1.54) is 36.8 Å². The first-order valence-corrected chi connectivity index (χ1v) is 6.31. The zero-order chi connectivity index (χ0) is 11.4. The van der Waals surface area contributed by atoms with Crippen LogP contribution in [0.1, 0.15) is 50.0 Å². The second-order valence-corrected chi connectivity index (χ2v) is 4.57. The van der Waals surface area contributed by atoms with Crippen molar-refractivity contribution in [3.8, 4) is 0 Å². The predicted molar refractivity (Wildman–Crippen MR) is 65.9 cm³/mol. The van der Waals surface area contributed by atoms with Gasteiger partial charge >= 0.3 is 0 Å². The van der Waals surface area contributed by atoms with Gasteiger partial charge in [-0.05, 0) is 18.9 Å². The van der Waals surface area contributed by atoms with Gasteiger partial charge in [0.1, 0.15) is 0 Å². The van der Waals surface area contributed by atoms with Gasteiger partial charge in [-0.1, -0.05) is 56.0 Å². The third-order valence-corrected chi connectivity index (χ3v) is 3.05. The minimum Gasteiger partial charge on any atom is -0.270 e. The third-order valence-electron chi connectivity index (χ3n) is 3.05. The summed E-state index contributed by atoms with van der Waals surface area (Å²) < 4.78 is 0. The lowest BCUT2D eigenvalue weighted by molar-refractivity contribution is 0.195. The van der Waals surface area contributed by atoms with E-state index >= 15 is 0 Å². The number of benzene rings is 1. The first-order valence-electron chi connectivity index (χ1n) is 6.31. The van der Waals surface area contributed by atoms with E-state index in [0.29, 0.717) is 0 Å².